The number of benzene rings is 2. The van der Waals surface area contributed by atoms with Gasteiger partial charge >= 0.3 is 6.03 Å². The summed E-state index contributed by atoms with van der Waals surface area (Å²) in [6, 6.07) is 21.3. The van der Waals surface area contributed by atoms with Crippen LogP contribution in [0.1, 0.15) is 25.3 Å². The van der Waals surface area contributed by atoms with E-state index in [0.29, 0.717) is 6.61 Å². The fraction of sp³-hybridized carbons (Fsp3) is 0.333. The second kappa shape index (κ2) is 12.0. The monoisotopic (exact) mass is 459 g/mol. The van der Waals surface area contributed by atoms with Gasteiger partial charge < -0.3 is 20.3 Å². The Kier molecular flexibility index (Phi) is 8.35. The van der Waals surface area contributed by atoms with Gasteiger partial charge in [0.2, 0.25) is 0 Å². The number of hydrogen-bond donors (Lipinski definition) is 2. The molecule has 178 valence electrons. The Morgan fingerprint density at radius 1 is 0.912 bits per heavy atom. The molecule has 0 saturated carbocycles. The van der Waals surface area contributed by atoms with Gasteiger partial charge in [0.25, 0.3) is 0 Å². The number of unbranched alkanes of at least 4 members (excludes halogenated alkanes) is 1. The molecule has 0 unspecified atom stereocenters. The molecule has 0 bridgehead atoms. The van der Waals surface area contributed by atoms with Crippen LogP contribution >= 0.6 is 0 Å². The number of hydrogen-bond acceptors (Lipinski definition) is 5. The van der Waals surface area contributed by atoms with Gasteiger partial charge in [0.1, 0.15) is 11.6 Å². The van der Waals surface area contributed by atoms with Crippen molar-refractivity contribution in [2.75, 3.05) is 48.3 Å². The molecule has 2 amide bonds. The average molecular weight is 460 g/mol. The number of rotatable bonds is 9. The molecule has 7 nitrogen and oxygen atoms in total. The number of urea groups is 1. The van der Waals surface area contributed by atoms with Crippen LogP contribution in [0.15, 0.2) is 72.9 Å². The van der Waals surface area contributed by atoms with Crippen LogP contribution in [0.3, 0.4) is 0 Å². The smallest absolute Gasteiger partial charge is 0.323 e. The number of nitrogens with zero attached hydrogens (tertiary/aromatic N) is 3. The van der Waals surface area contributed by atoms with Crippen molar-refractivity contribution in [2.24, 2.45) is 0 Å². The highest BCUT2D eigenvalue weighted by Crippen LogP contribution is 2.18. The van der Waals surface area contributed by atoms with E-state index < -0.39 is 0 Å². The molecule has 0 aliphatic carbocycles. The van der Waals surface area contributed by atoms with Crippen molar-refractivity contribution in [3.8, 4) is 5.75 Å². The van der Waals surface area contributed by atoms with E-state index in [1.54, 1.807) is 0 Å². The van der Waals surface area contributed by atoms with Gasteiger partial charge in [0.05, 0.1) is 6.61 Å². The van der Waals surface area contributed by atoms with Gasteiger partial charge in [-0.05, 0) is 60.5 Å². The Labute approximate surface area is 201 Å². The standard InChI is InChI=1S/C27H33N5O2/c1-2-3-20-34-25-13-11-24(12-14-25)30-27(33)29-23-9-7-22(8-10-23)21-31-16-18-32(19-17-31)26-6-4-5-15-28-26/h4-15H,2-3,16-21H2,1H3,(H2,29,30,33). The van der Waals surface area contributed by atoms with Gasteiger partial charge in [0, 0.05) is 50.3 Å². The number of pyridine rings is 1. The highest BCUT2D eigenvalue weighted by molar-refractivity contribution is 5.99. The highest BCUT2D eigenvalue weighted by atomic mass is 16.5. The SMILES string of the molecule is CCCCOc1ccc(NC(=O)Nc2ccc(CN3CCN(c4ccccn4)CC3)cc2)cc1. The molecule has 1 aromatic heterocycles. The predicted octanol–water partition coefficient (Wildman–Crippen LogP) is 5.23. The Balaban J connectivity index is 1.20. The van der Waals surface area contributed by atoms with Crippen LogP contribution in [0.5, 0.6) is 5.75 Å². The summed E-state index contributed by atoms with van der Waals surface area (Å²) in [6.07, 6.45) is 3.98. The first-order valence-corrected chi connectivity index (χ1v) is 12.0. The van der Waals surface area contributed by atoms with Gasteiger partial charge in [-0.2, -0.15) is 0 Å². The van der Waals surface area contributed by atoms with E-state index in [2.05, 4.69) is 50.5 Å². The molecule has 7 heteroatoms. The lowest BCUT2D eigenvalue weighted by atomic mass is 10.1. The first kappa shape index (κ1) is 23.6. The summed E-state index contributed by atoms with van der Waals surface area (Å²) in [5.74, 6) is 1.86. The molecule has 3 aromatic rings. The van der Waals surface area contributed by atoms with E-state index in [-0.39, 0.29) is 6.03 Å². The van der Waals surface area contributed by atoms with Crippen molar-refractivity contribution < 1.29 is 9.53 Å². The maximum absolute atomic E-state index is 12.4. The van der Waals surface area contributed by atoms with Crippen LogP contribution in [0, 0.1) is 0 Å². The fourth-order valence-electron chi connectivity index (χ4n) is 3.89. The Morgan fingerprint density at radius 3 is 2.21 bits per heavy atom. The molecule has 1 aliphatic heterocycles. The molecule has 4 rings (SSSR count). The number of nitrogens with one attached hydrogen (secondary N) is 2. The number of amides is 2. The van der Waals surface area contributed by atoms with Crippen LogP contribution in [0.2, 0.25) is 0 Å². The predicted molar refractivity (Wildman–Crippen MR) is 138 cm³/mol. The number of piperazine rings is 1. The second-order valence-electron chi connectivity index (χ2n) is 8.45. The van der Waals surface area contributed by atoms with E-state index in [9.17, 15) is 4.79 Å². The molecule has 1 saturated heterocycles. The third kappa shape index (κ3) is 6.96. The van der Waals surface area contributed by atoms with Gasteiger partial charge in [0.15, 0.2) is 0 Å². The molecule has 0 spiro atoms. The largest absolute Gasteiger partial charge is 0.494 e. The molecule has 1 aliphatic rings. The van der Waals surface area contributed by atoms with E-state index in [1.807, 2.05) is 54.7 Å². The van der Waals surface area contributed by atoms with Gasteiger partial charge in [-0.1, -0.05) is 31.5 Å². The number of aromatic nitrogens is 1. The maximum atomic E-state index is 12.4. The zero-order chi connectivity index (χ0) is 23.6. The van der Waals surface area contributed by atoms with Crippen LogP contribution < -0.4 is 20.3 Å². The third-order valence-electron chi connectivity index (χ3n) is 5.84. The van der Waals surface area contributed by atoms with Crippen molar-refractivity contribution in [2.45, 2.75) is 26.3 Å². The van der Waals surface area contributed by atoms with Crippen LogP contribution in [0.25, 0.3) is 0 Å². The van der Waals surface area contributed by atoms with Gasteiger partial charge in [-0.3, -0.25) is 4.90 Å². The van der Waals surface area contributed by atoms with E-state index in [1.165, 1.54) is 5.56 Å². The Morgan fingerprint density at radius 2 is 1.59 bits per heavy atom. The number of carbonyl (C=O) groups excluding carboxylic acids is 1. The molecule has 2 heterocycles. The van der Waals surface area contributed by atoms with Gasteiger partial charge in [-0.15, -0.1) is 0 Å². The molecular formula is C27H33N5O2. The number of ether oxygens (including phenoxy) is 1. The minimum absolute atomic E-state index is 0.266. The van der Waals surface area contributed by atoms with Gasteiger partial charge in [-0.25, -0.2) is 9.78 Å². The van der Waals surface area contributed by atoms with Crippen LogP contribution in [-0.4, -0.2) is 48.7 Å². The van der Waals surface area contributed by atoms with Crippen molar-refractivity contribution in [3.05, 3.63) is 78.5 Å². The summed E-state index contributed by atoms with van der Waals surface area (Å²) < 4.78 is 5.66. The van der Waals surface area contributed by atoms with Crippen LogP contribution in [0.4, 0.5) is 22.0 Å². The minimum Gasteiger partial charge on any atom is -0.494 e. The van der Waals surface area contributed by atoms with Crippen LogP contribution in [-0.2, 0) is 6.54 Å². The summed E-state index contributed by atoms with van der Waals surface area (Å²) in [4.78, 5) is 21.6. The molecule has 0 atom stereocenters. The minimum atomic E-state index is -0.266. The van der Waals surface area contributed by atoms with Crippen molar-refractivity contribution in [1.82, 2.24) is 9.88 Å². The summed E-state index contributed by atoms with van der Waals surface area (Å²) >= 11 is 0. The average Bonchev–Trinajstić information content (AvgIpc) is 2.87. The van der Waals surface area contributed by atoms with E-state index >= 15 is 0 Å². The summed E-state index contributed by atoms with van der Waals surface area (Å²) in [5.41, 5.74) is 2.72. The first-order chi connectivity index (χ1) is 16.7. The van der Waals surface area contributed by atoms with Crippen molar-refractivity contribution in [3.63, 3.8) is 0 Å². The lowest BCUT2D eigenvalue weighted by molar-refractivity contribution is 0.249. The first-order valence-electron chi connectivity index (χ1n) is 12.0. The summed E-state index contributed by atoms with van der Waals surface area (Å²) in [7, 11) is 0. The number of carbonyl (C=O) groups is 1. The summed E-state index contributed by atoms with van der Waals surface area (Å²) in [5, 5.41) is 5.75. The topological polar surface area (TPSA) is 69.7 Å². The lowest BCUT2D eigenvalue weighted by Crippen LogP contribution is -2.46. The Bertz CT molecular complexity index is 1020. The second-order valence-corrected chi connectivity index (χ2v) is 8.45. The third-order valence-corrected chi connectivity index (χ3v) is 5.84. The lowest BCUT2D eigenvalue weighted by Gasteiger charge is -2.35. The fourth-order valence-corrected chi connectivity index (χ4v) is 3.89. The van der Waals surface area contributed by atoms with Crippen molar-refractivity contribution >= 4 is 23.2 Å². The number of anilines is 3. The Hall–Kier alpha value is -3.58. The van der Waals surface area contributed by atoms with Crippen molar-refractivity contribution in [1.29, 1.82) is 0 Å². The maximum Gasteiger partial charge on any atom is 0.323 e. The normalized spacial score (nSPS) is 14.0. The van der Waals surface area contributed by atoms with E-state index in [0.717, 1.165) is 68.5 Å². The molecule has 2 aromatic carbocycles. The molecule has 2 N–H and O–H groups in total. The molecular weight excluding hydrogens is 426 g/mol. The van der Waals surface area contributed by atoms with E-state index in [4.69, 9.17) is 4.74 Å². The molecule has 1 fully saturated rings. The zero-order valence-corrected chi connectivity index (χ0v) is 19.7. The zero-order valence-electron chi connectivity index (χ0n) is 19.7. The highest BCUT2D eigenvalue weighted by Gasteiger charge is 2.17. The molecule has 34 heavy (non-hydrogen) atoms. The molecule has 0 radical (unpaired) electrons. The quantitative estimate of drug-likeness (QED) is 0.429. The summed E-state index contributed by atoms with van der Waals surface area (Å²) in [6.45, 7) is 7.69.